The molecular formula is C15H21ClN2O. The molecule has 0 saturated heterocycles. The lowest BCUT2D eigenvalue weighted by atomic mass is 9.80. The van der Waals surface area contributed by atoms with Gasteiger partial charge in [-0.2, -0.15) is 0 Å². The smallest absolute Gasteiger partial charge is 0.251 e. The van der Waals surface area contributed by atoms with Gasteiger partial charge in [0.1, 0.15) is 0 Å². The molecule has 4 heteroatoms. The lowest BCUT2D eigenvalue weighted by Gasteiger charge is -2.33. The molecule has 1 aromatic carbocycles. The maximum Gasteiger partial charge on any atom is 0.251 e. The molecule has 2 rings (SSSR count). The van der Waals surface area contributed by atoms with Gasteiger partial charge in [-0.15, -0.1) is 0 Å². The summed E-state index contributed by atoms with van der Waals surface area (Å²) in [5.41, 5.74) is 6.77. The Hall–Kier alpha value is -1.22. The highest BCUT2D eigenvalue weighted by atomic mass is 35.5. The van der Waals surface area contributed by atoms with Gasteiger partial charge >= 0.3 is 0 Å². The first-order chi connectivity index (χ1) is 8.95. The Kier molecular flexibility index (Phi) is 4.35. The van der Waals surface area contributed by atoms with Gasteiger partial charge in [-0.3, -0.25) is 4.79 Å². The van der Waals surface area contributed by atoms with Crippen molar-refractivity contribution in [2.75, 3.05) is 5.73 Å². The number of nitrogen functional groups attached to an aromatic ring is 1. The Morgan fingerprint density at radius 1 is 1.32 bits per heavy atom. The standard InChI is InChI=1S/C15H21ClN2O/c1-9-3-4-14(10(2)5-9)18-15(19)11-6-12(16)8-13(17)7-11/h6-10,14H,3-5,17H2,1-2H3,(H,18,19). The molecule has 0 bridgehead atoms. The second-order valence-corrected chi connectivity index (χ2v) is 6.19. The predicted octanol–water partition coefficient (Wildman–Crippen LogP) is 3.48. The lowest BCUT2D eigenvalue weighted by Crippen LogP contribution is -2.42. The zero-order chi connectivity index (χ0) is 14.0. The molecule has 1 aliphatic carbocycles. The van der Waals surface area contributed by atoms with Crippen LogP contribution in [0, 0.1) is 11.8 Å². The van der Waals surface area contributed by atoms with Gasteiger partial charge in [0.15, 0.2) is 0 Å². The van der Waals surface area contributed by atoms with E-state index in [1.165, 1.54) is 12.8 Å². The van der Waals surface area contributed by atoms with Gasteiger partial charge in [-0.25, -0.2) is 0 Å². The van der Waals surface area contributed by atoms with E-state index < -0.39 is 0 Å². The average molecular weight is 281 g/mol. The third-order valence-corrected chi connectivity index (χ3v) is 4.15. The molecule has 0 heterocycles. The Morgan fingerprint density at radius 2 is 2.05 bits per heavy atom. The topological polar surface area (TPSA) is 55.1 Å². The normalized spacial score (nSPS) is 27.0. The maximum absolute atomic E-state index is 12.2. The van der Waals surface area contributed by atoms with Gasteiger partial charge in [-0.1, -0.05) is 25.4 Å². The van der Waals surface area contributed by atoms with Gasteiger partial charge in [0.05, 0.1) is 0 Å². The SMILES string of the molecule is CC1CCC(NC(=O)c2cc(N)cc(Cl)c2)C(C)C1. The zero-order valence-corrected chi connectivity index (χ0v) is 12.2. The van der Waals surface area contributed by atoms with Gasteiger partial charge in [-0.05, 0) is 49.3 Å². The number of benzene rings is 1. The molecule has 3 nitrogen and oxygen atoms in total. The van der Waals surface area contributed by atoms with E-state index in [0.717, 1.165) is 12.3 Å². The van der Waals surface area contributed by atoms with E-state index in [0.29, 0.717) is 22.2 Å². The van der Waals surface area contributed by atoms with Crippen LogP contribution in [0.25, 0.3) is 0 Å². The number of hydrogen-bond acceptors (Lipinski definition) is 2. The molecule has 0 aromatic heterocycles. The molecule has 19 heavy (non-hydrogen) atoms. The second kappa shape index (κ2) is 5.83. The van der Waals surface area contributed by atoms with Crippen LogP contribution in [0.5, 0.6) is 0 Å². The van der Waals surface area contributed by atoms with Crippen LogP contribution >= 0.6 is 11.6 Å². The molecule has 104 valence electrons. The van der Waals surface area contributed by atoms with Gasteiger partial charge < -0.3 is 11.1 Å². The summed E-state index contributed by atoms with van der Waals surface area (Å²) < 4.78 is 0. The molecule has 1 amide bonds. The number of carbonyl (C=O) groups is 1. The number of nitrogens with one attached hydrogen (secondary N) is 1. The highest BCUT2D eigenvalue weighted by molar-refractivity contribution is 6.31. The number of carbonyl (C=O) groups excluding carboxylic acids is 1. The fourth-order valence-electron chi connectivity index (χ4n) is 2.87. The molecule has 1 saturated carbocycles. The summed E-state index contributed by atoms with van der Waals surface area (Å²) in [4.78, 5) is 12.2. The molecule has 1 aliphatic rings. The van der Waals surface area contributed by atoms with Crippen LogP contribution in [0.3, 0.4) is 0 Å². The summed E-state index contributed by atoms with van der Waals surface area (Å²) in [5, 5.41) is 3.60. The van der Waals surface area contributed by atoms with Crippen molar-refractivity contribution >= 4 is 23.2 Å². The largest absolute Gasteiger partial charge is 0.399 e. The lowest BCUT2D eigenvalue weighted by molar-refractivity contribution is 0.0899. The Bertz CT molecular complexity index is 455. The van der Waals surface area contributed by atoms with Crippen molar-refractivity contribution in [3.63, 3.8) is 0 Å². The average Bonchev–Trinajstić information content (AvgIpc) is 2.31. The van der Waals surface area contributed by atoms with Crippen molar-refractivity contribution in [1.29, 1.82) is 0 Å². The minimum atomic E-state index is -0.0828. The van der Waals surface area contributed by atoms with Crippen molar-refractivity contribution in [1.82, 2.24) is 5.32 Å². The summed E-state index contributed by atoms with van der Waals surface area (Å²) in [6.07, 6.45) is 3.39. The van der Waals surface area contributed by atoms with E-state index in [4.69, 9.17) is 17.3 Å². The third-order valence-electron chi connectivity index (χ3n) is 3.93. The highest BCUT2D eigenvalue weighted by Gasteiger charge is 2.26. The first-order valence-electron chi connectivity index (χ1n) is 6.82. The Morgan fingerprint density at radius 3 is 2.68 bits per heavy atom. The minimum Gasteiger partial charge on any atom is -0.399 e. The van der Waals surface area contributed by atoms with E-state index in [9.17, 15) is 4.79 Å². The van der Waals surface area contributed by atoms with Gasteiger partial charge in [0.2, 0.25) is 0 Å². The van der Waals surface area contributed by atoms with Crippen LogP contribution < -0.4 is 11.1 Å². The molecule has 0 radical (unpaired) electrons. The highest BCUT2D eigenvalue weighted by Crippen LogP contribution is 2.29. The number of hydrogen-bond donors (Lipinski definition) is 2. The van der Waals surface area contributed by atoms with E-state index in [-0.39, 0.29) is 11.9 Å². The first-order valence-corrected chi connectivity index (χ1v) is 7.20. The molecule has 1 aromatic rings. The van der Waals surface area contributed by atoms with E-state index >= 15 is 0 Å². The summed E-state index contributed by atoms with van der Waals surface area (Å²) in [6, 6.07) is 5.22. The molecule has 3 atom stereocenters. The summed E-state index contributed by atoms with van der Waals surface area (Å²) in [6.45, 7) is 4.47. The van der Waals surface area contributed by atoms with Crippen molar-refractivity contribution < 1.29 is 4.79 Å². The molecule has 3 N–H and O–H groups in total. The first kappa shape index (κ1) is 14.2. The summed E-state index contributed by atoms with van der Waals surface area (Å²) in [7, 11) is 0. The second-order valence-electron chi connectivity index (χ2n) is 5.75. The number of anilines is 1. The maximum atomic E-state index is 12.2. The fourth-order valence-corrected chi connectivity index (χ4v) is 3.12. The Labute approximate surface area is 119 Å². The van der Waals surface area contributed by atoms with Crippen LogP contribution in [-0.2, 0) is 0 Å². The molecule has 3 unspecified atom stereocenters. The van der Waals surface area contributed by atoms with Gasteiger partial charge in [0.25, 0.3) is 5.91 Å². The third kappa shape index (κ3) is 3.63. The van der Waals surface area contributed by atoms with Crippen molar-refractivity contribution in [3.05, 3.63) is 28.8 Å². The van der Waals surface area contributed by atoms with E-state index in [1.54, 1.807) is 18.2 Å². The monoisotopic (exact) mass is 280 g/mol. The van der Waals surface area contributed by atoms with Crippen molar-refractivity contribution in [2.45, 2.75) is 39.2 Å². The quantitative estimate of drug-likeness (QED) is 0.815. The number of halogens is 1. The molecule has 1 fully saturated rings. The zero-order valence-electron chi connectivity index (χ0n) is 11.4. The number of rotatable bonds is 2. The van der Waals surface area contributed by atoms with Gasteiger partial charge in [0, 0.05) is 22.3 Å². The van der Waals surface area contributed by atoms with Crippen LogP contribution in [0.2, 0.25) is 5.02 Å². The van der Waals surface area contributed by atoms with Crippen LogP contribution in [-0.4, -0.2) is 11.9 Å². The van der Waals surface area contributed by atoms with Crippen LogP contribution in [0.4, 0.5) is 5.69 Å². The molecule has 0 spiro atoms. The number of nitrogens with two attached hydrogens (primary N) is 1. The predicted molar refractivity (Wildman–Crippen MR) is 79.3 cm³/mol. The van der Waals surface area contributed by atoms with E-state index in [1.807, 2.05) is 0 Å². The summed E-state index contributed by atoms with van der Waals surface area (Å²) >= 11 is 5.92. The molecule has 0 aliphatic heterocycles. The van der Waals surface area contributed by atoms with Crippen LogP contribution in [0.15, 0.2) is 18.2 Å². The van der Waals surface area contributed by atoms with Crippen LogP contribution in [0.1, 0.15) is 43.5 Å². The summed E-state index contributed by atoms with van der Waals surface area (Å²) in [5.74, 6) is 1.19. The molecular weight excluding hydrogens is 260 g/mol. The van der Waals surface area contributed by atoms with Crippen molar-refractivity contribution in [3.8, 4) is 0 Å². The minimum absolute atomic E-state index is 0.0828. The Balaban J connectivity index is 2.04. The van der Waals surface area contributed by atoms with E-state index in [2.05, 4.69) is 19.2 Å². The fraction of sp³-hybridized carbons (Fsp3) is 0.533. The number of amides is 1. The van der Waals surface area contributed by atoms with Crippen molar-refractivity contribution in [2.24, 2.45) is 11.8 Å².